The van der Waals surface area contributed by atoms with Crippen molar-refractivity contribution in [2.24, 2.45) is 5.10 Å². The molecule has 3 rings (SSSR count). The van der Waals surface area contributed by atoms with Crippen molar-refractivity contribution in [2.45, 2.75) is 0 Å². The number of hydrogen-bond donors (Lipinski definition) is 1. The van der Waals surface area contributed by atoms with Crippen LogP contribution < -0.4 is 19.6 Å². The Balaban J connectivity index is 1.61. The fourth-order valence-electron chi connectivity index (χ4n) is 2.51. The van der Waals surface area contributed by atoms with E-state index in [-0.39, 0.29) is 12.4 Å². The summed E-state index contributed by atoms with van der Waals surface area (Å²) in [5.74, 6) is 0.378. The molecular formula is C23H18BrClN2O5. The lowest BCUT2D eigenvalue weighted by Crippen LogP contribution is -2.24. The van der Waals surface area contributed by atoms with Crippen LogP contribution in [0.4, 0.5) is 0 Å². The zero-order valence-electron chi connectivity index (χ0n) is 16.9. The average molecular weight is 518 g/mol. The molecule has 164 valence electrons. The molecule has 0 aromatic heterocycles. The van der Waals surface area contributed by atoms with Gasteiger partial charge in [-0.25, -0.2) is 10.2 Å². The number of rotatable bonds is 8. The second kappa shape index (κ2) is 11.3. The van der Waals surface area contributed by atoms with E-state index in [4.69, 9.17) is 25.8 Å². The zero-order chi connectivity index (χ0) is 22.9. The Bertz CT molecular complexity index is 1140. The van der Waals surface area contributed by atoms with Gasteiger partial charge in [-0.05, 0) is 60.7 Å². The molecule has 0 bridgehead atoms. The van der Waals surface area contributed by atoms with Gasteiger partial charge in [0.15, 0.2) is 6.61 Å². The van der Waals surface area contributed by atoms with Crippen molar-refractivity contribution in [3.8, 4) is 17.2 Å². The topological polar surface area (TPSA) is 86.2 Å². The van der Waals surface area contributed by atoms with E-state index in [1.807, 2.05) is 0 Å². The van der Waals surface area contributed by atoms with E-state index in [1.54, 1.807) is 73.8 Å². The van der Waals surface area contributed by atoms with Crippen molar-refractivity contribution < 1.29 is 23.8 Å². The van der Waals surface area contributed by atoms with Gasteiger partial charge in [0.1, 0.15) is 17.2 Å². The third kappa shape index (κ3) is 6.83. The van der Waals surface area contributed by atoms with Crippen molar-refractivity contribution >= 4 is 45.6 Å². The summed E-state index contributed by atoms with van der Waals surface area (Å²) >= 11 is 9.25. The first-order valence-corrected chi connectivity index (χ1v) is 10.5. The van der Waals surface area contributed by atoms with E-state index in [2.05, 4.69) is 26.5 Å². The summed E-state index contributed by atoms with van der Waals surface area (Å²) < 4.78 is 16.7. The van der Waals surface area contributed by atoms with Crippen molar-refractivity contribution in [2.75, 3.05) is 13.7 Å². The van der Waals surface area contributed by atoms with Gasteiger partial charge in [-0.15, -0.1) is 0 Å². The van der Waals surface area contributed by atoms with Gasteiger partial charge in [0.2, 0.25) is 0 Å². The Morgan fingerprint density at radius 2 is 1.84 bits per heavy atom. The molecule has 0 spiro atoms. The summed E-state index contributed by atoms with van der Waals surface area (Å²) in [6, 6.07) is 18.3. The molecule has 0 radical (unpaired) electrons. The Hall–Kier alpha value is -3.36. The Morgan fingerprint density at radius 1 is 1.06 bits per heavy atom. The van der Waals surface area contributed by atoms with Crippen LogP contribution in [0.2, 0.25) is 5.02 Å². The van der Waals surface area contributed by atoms with Gasteiger partial charge in [0.05, 0.1) is 18.9 Å². The molecule has 0 saturated carbocycles. The highest BCUT2D eigenvalue weighted by molar-refractivity contribution is 9.10. The highest BCUT2D eigenvalue weighted by Gasteiger charge is 2.12. The summed E-state index contributed by atoms with van der Waals surface area (Å²) in [6.45, 7) is -0.241. The van der Waals surface area contributed by atoms with Gasteiger partial charge >= 0.3 is 5.97 Å². The van der Waals surface area contributed by atoms with Gasteiger partial charge in [0.25, 0.3) is 5.91 Å². The van der Waals surface area contributed by atoms with Crippen molar-refractivity contribution in [1.29, 1.82) is 0 Å². The fraction of sp³-hybridized carbons (Fsp3) is 0.0870. The first kappa shape index (κ1) is 23.3. The van der Waals surface area contributed by atoms with E-state index < -0.39 is 11.9 Å². The van der Waals surface area contributed by atoms with Gasteiger partial charge in [-0.3, -0.25) is 4.79 Å². The van der Waals surface area contributed by atoms with Crippen LogP contribution in [0.15, 0.2) is 76.3 Å². The summed E-state index contributed by atoms with van der Waals surface area (Å²) in [7, 11) is 1.54. The molecule has 32 heavy (non-hydrogen) atoms. The Labute approximate surface area is 198 Å². The van der Waals surface area contributed by atoms with E-state index in [9.17, 15) is 9.59 Å². The molecule has 0 aliphatic carbocycles. The number of halogens is 2. The average Bonchev–Trinajstić information content (AvgIpc) is 2.79. The molecule has 0 aliphatic rings. The van der Waals surface area contributed by atoms with Crippen LogP contribution in [0.1, 0.15) is 15.9 Å². The van der Waals surface area contributed by atoms with Crippen molar-refractivity contribution in [3.63, 3.8) is 0 Å². The molecule has 0 fully saturated rings. The molecule has 1 amide bonds. The number of esters is 1. The number of hydrazone groups is 1. The number of ether oxygens (including phenoxy) is 3. The third-order valence-corrected chi connectivity index (χ3v) is 4.79. The predicted molar refractivity (Wildman–Crippen MR) is 125 cm³/mol. The number of carbonyl (C=O) groups excluding carboxylic acids is 2. The lowest BCUT2D eigenvalue weighted by molar-refractivity contribution is -0.123. The maximum atomic E-state index is 12.5. The minimum Gasteiger partial charge on any atom is -0.497 e. The highest BCUT2D eigenvalue weighted by Crippen LogP contribution is 2.23. The number of nitrogens with one attached hydrogen (secondary N) is 1. The quantitative estimate of drug-likeness (QED) is 0.200. The molecule has 9 heteroatoms. The summed E-state index contributed by atoms with van der Waals surface area (Å²) in [6.07, 6.45) is 1.37. The fourth-order valence-corrected chi connectivity index (χ4v) is 3.07. The lowest BCUT2D eigenvalue weighted by atomic mass is 10.2. The second-order valence-corrected chi connectivity index (χ2v) is 7.69. The second-order valence-electron chi connectivity index (χ2n) is 6.34. The number of nitrogens with zero attached hydrogens (tertiary/aromatic N) is 1. The number of amides is 1. The highest BCUT2D eigenvalue weighted by atomic mass is 79.9. The van der Waals surface area contributed by atoms with Crippen molar-refractivity contribution in [1.82, 2.24) is 5.43 Å². The Kier molecular flexibility index (Phi) is 8.24. The van der Waals surface area contributed by atoms with E-state index in [1.165, 1.54) is 6.21 Å². The SMILES string of the molecule is COc1ccc(C(=O)Oc2ccc(Br)cc2/C=N\NC(=O)COc2cccc(Cl)c2)cc1. The van der Waals surface area contributed by atoms with Crippen LogP contribution >= 0.6 is 27.5 Å². The lowest BCUT2D eigenvalue weighted by Gasteiger charge is -2.09. The molecule has 0 heterocycles. The Morgan fingerprint density at radius 3 is 2.56 bits per heavy atom. The van der Waals surface area contributed by atoms with Crippen LogP contribution in [0.25, 0.3) is 0 Å². The number of methoxy groups -OCH3 is 1. The van der Waals surface area contributed by atoms with Gasteiger partial charge < -0.3 is 14.2 Å². The number of hydrogen-bond acceptors (Lipinski definition) is 6. The predicted octanol–water partition coefficient (Wildman–Crippen LogP) is 4.86. The van der Waals surface area contributed by atoms with Gasteiger partial charge in [-0.1, -0.05) is 33.6 Å². The van der Waals surface area contributed by atoms with Crippen LogP contribution in [0.5, 0.6) is 17.2 Å². The summed E-state index contributed by atoms with van der Waals surface area (Å²) in [5, 5.41) is 4.42. The molecular weight excluding hydrogens is 500 g/mol. The molecule has 0 saturated heterocycles. The smallest absolute Gasteiger partial charge is 0.343 e. The summed E-state index contributed by atoms with van der Waals surface area (Å²) in [4.78, 5) is 24.4. The summed E-state index contributed by atoms with van der Waals surface area (Å²) in [5.41, 5.74) is 3.21. The number of carbonyl (C=O) groups is 2. The van der Waals surface area contributed by atoms with E-state index in [0.717, 1.165) is 4.47 Å². The molecule has 0 aliphatic heterocycles. The first-order valence-electron chi connectivity index (χ1n) is 9.30. The number of benzene rings is 3. The molecule has 7 nitrogen and oxygen atoms in total. The maximum absolute atomic E-state index is 12.5. The third-order valence-electron chi connectivity index (χ3n) is 4.06. The minimum atomic E-state index is -0.538. The largest absolute Gasteiger partial charge is 0.497 e. The van der Waals surface area contributed by atoms with E-state index >= 15 is 0 Å². The van der Waals surface area contributed by atoms with Crippen LogP contribution in [0, 0.1) is 0 Å². The molecule has 3 aromatic rings. The van der Waals surface area contributed by atoms with Gasteiger partial charge in [-0.2, -0.15) is 5.10 Å². The zero-order valence-corrected chi connectivity index (χ0v) is 19.2. The minimum absolute atomic E-state index is 0.241. The monoisotopic (exact) mass is 516 g/mol. The molecule has 0 unspecified atom stereocenters. The van der Waals surface area contributed by atoms with Crippen LogP contribution in [-0.4, -0.2) is 31.8 Å². The van der Waals surface area contributed by atoms with Gasteiger partial charge in [0, 0.05) is 15.1 Å². The van der Waals surface area contributed by atoms with E-state index in [0.29, 0.717) is 27.6 Å². The van der Waals surface area contributed by atoms with Crippen LogP contribution in [0.3, 0.4) is 0 Å². The molecule has 0 atom stereocenters. The van der Waals surface area contributed by atoms with Crippen molar-refractivity contribution in [3.05, 3.63) is 87.4 Å². The molecule has 3 aromatic carbocycles. The van der Waals surface area contributed by atoms with Crippen LogP contribution in [-0.2, 0) is 4.79 Å². The normalized spacial score (nSPS) is 10.6. The standard InChI is InChI=1S/C23H18BrClN2O5/c1-30-19-8-5-15(6-9-19)23(29)32-21-10-7-17(24)11-16(21)13-26-27-22(28)14-31-20-4-2-3-18(25)12-20/h2-13H,14H2,1H3,(H,27,28)/b26-13-. The first-order chi connectivity index (χ1) is 15.4. The maximum Gasteiger partial charge on any atom is 0.343 e. The molecule has 1 N–H and O–H groups in total.